The van der Waals surface area contributed by atoms with Crippen LogP contribution >= 0.6 is 22.7 Å². The number of hydrogen-bond acceptors (Lipinski definition) is 9. The van der Waals surface area contributed by atoms with Crippen LogP contribution in [-0.2, 0) is 31.2 Å². The van der Waals surface area contributed by atoms with Crippen LogP contribution in [0.25, 0.3) is 21.5 Å². The van der Waals surface area contributed by atoms with E-state index in [-0.39, 0.29) is 16.5 Å². The molecule has 10 nitrogen and oxygen atoms in total. The van der Waals surface area contributed by atoms with Gasteiger partial charge in [0.2, 0.25) is 5.91 Å². The number of sulfone groups is 1. The number of aromatic nitrogens is 2. The number of anilines is 1. The van der Waals surface area contributed by atoms with Crippen LogP contribution in [0.4, 0.5) is 5.13 Å². The molecule has 4 rings (SSSR count). The van der Waals surface area contributed by atoms with Gasteiger partial charge in [0.25, 0.3) is 5.91 Å². The third-order valence-corrected chi connectivity index (χ3v) is 8.30. The second-order valence-corrected chi connectivity index (χ2v) is 11.8. The van der Waals surface area contributed by atoms with E-state index in [9.17, 15) is 22.8 Å². The highest BCUT2D eigenvalue weighted by Gasteiger charge is 2.22. The van der Waals surface area contributed by atoms with Crippen molar-refractivity contribution in [3.05, 3.63) is 64.3 Å². The molecule has 0 aliphatic carbocycles. The van der Waals surface area contributed by atoms with Gasteiger partial charge in [0.05, 0.1) is 28.1 Å². The van der Waals surface area contributed by atoms with Crippen molar-refractivity contribution in [1.29, 1.82) is 0 Å². The lowest BCUT2D eigenvalue weighted by molar-refractivity contribution is -0.115. The van der Waals surface area contributed by atoms with Crippen LogP contribution in [0.1, 0.15) is 17.3 Å². The Bertz CT molecular complexity index is 1650. The number of ether oxygens (including phenoxy) is 1. The molecule has 2 aromatic heterocycles. The van der Waals surface area contributed by atoms with Crippen LogP contribution in [0.3, 0.4) is 0 Å². The number of carbonyl (C=O) groups excluding carboxylic acids is 3. The van der Waals surface area contributed by atoms with E-state index in [0.717, 1.165) is 16.9 Å². The maximum atomic E-state index is 12.5. The van der Waals surface area contributed by atoms with E-state index in [1.165, 1.54) is 11.3 Å². The maximum Gasteiger partial charge on any atom is 0.338 e. The second kappa shape index (κ2) is 11.2. The first-order valence-corrected chi connectivity index (χ1v) is 14.5. The number of esters is 1. The van der Waals surface area contributed by atoms with Gasteiger partial charge in [-0.05, 0) is 25.1 Å². The molecule has 2 amide bonds. The molecule has 0 aliphatic heterocycles. The minimum atomic E-state index is -4.08. The molecule has 0 unspecified atom stereocenters. The average Bonchev–Trinajstić information content (AvgIpc) is 3.43. The van der Waals surface area contributed by atoms with Crippen molar-refractivity contribution in [2.45, 2.75) is 6.92 Å². The highest BCUT2D eigenvalue weighted by Crippen LogP contribution is 2.24. The Labute approximate surface area is 220 Å². The van der Waals surface area contributed by atoms with E-state index >= 15 is 0 Å². The van der Waals surface area contributed by atoms with Crippen molar-refractivity contribution in [3.8, 4) is 11.3 Å². The van der Waals surface area contributed by atoms with Gasteiger partial charge in [-0.1, -0.05) is 41.7 Å². The largest absolute Gasteiger partial charge is 0.462 e. The minimum absolute atomic E-state index is 0.245. The van der Waals surface area contributed by atoms with E-state index in [2.05, 4.69) is 15.3 Å². The molecule has 0 aliphatic rings. The first-order chi connectivity index (χ1) is 17.6. The summed E-state index contributed by atoms with van der Waals surface area (Å²) in [7, 11) is -2.40. The lowest BCUT2D eigenvalue weighted by atomic mass is 10.2. The number of thiazole rings is 2. The summed E-state index contributed by atoms with van der Waals surface area (Å²) in [6.45, 7) is 1.96. The molecule has 4 aromatic rings. The van der Waals surface area contributed by atoms with E-state index in [4.69, 9.17) is 4.74 Å². The molecule has 0 bridgehead atoms. The minimum Gasteiger partial charge on any atom is -0.462 e. The Morgan fingerprint density at radius 2 is 1.86 bits per heavy atom. The van der Waals surface area contributed by atoms with Gasteiger partial charge in [0, 0.05) is 18.0 Å². The average molecular weight is 559 g/mol. The summed E-state index contributed by atoms with van der Waals surface area (Å²) in [6.07, 6.45) is 0. The standard InChI is InChI=1S/C24H22N4O6S3/c1-3-34-22(31)16-9-10-18-19(11-16)36-24(28(18)2)27-21(30)14-37(32,33)13-20(29)26-23-25-17(12-35-23)15-7-5-4-6-8-15/h4-12H,3,13-14H2,1-2H3,(H,25,26,29). The summed E-state index contributed by atoms with van der Waals surface area (Å²) in [5.74, 6) is -3.96. The summed E-state index contributed by atoms with van der Waals surface area (Å²) < 4.78 is 32.3. The molecular formula is C24H22N4O6S3. The number of rotatable bonds is 8. The first-order valence-electron chi connectivity index (χ1n) is 11.0. The molecule has 0 radical (unpaired) electrons. The van der Waals surface area contributed by atoms with Crippen molar-refractivity contribution >= 4 is 65.6 Å². The Hall–Kier alpha value is -3.68. The maximum absolute atomic E-state index is 12.5. The van der Waals surface area contributed by atoms with Gasteiger partial charge >= 0.3 is 5.97 Å². The number of nitrogens with zero attached hydrogens (tertiary/aromatic N) is 3. The van der Waals surface area contributed by atoms with Gasteiger partial charge in [-0.3, -0.25) is 9.59 Å². The zero-order chi connectivity index (χ0) is 26.6. The van der Waals surface area contributed by atoms with Crippen LogP contribution in [0, 0.1) is 0 Å². The van der Waals surface area contributed by atoms with Crippen molar-refractivity contribution in [2.24, 2.45) is 12.0 Å². The van der Waals surface area contributed by atoms with Gasteiger partial charge in [-0.2, -0.15) is 4.99 Å². The smallest absolute Gasteiger partial charge is 0.338 e. The fourth-order valence-electron chi connectivity index (χ4n) is 3.39. The SMILES string of the molecule is CCOC(=O)c1ccc2c(c1)sc(=NC(=O)CS(=O)(=O)CC(=O)Nc1nc(-c3ccccc3)cs1)n2C. The third-order valence-electron chi connectivity index (χ3n) is 5.06. The highest BCUT2D eigenvalue weighted by atomic mass is 32.2. The summed E-state index contributed by atoms with van der Waals surface area (Å²) >= 11 is 2.30. The third kappa shape index (κ3) is 6.56. The van der Waals surface area contributed by atoms with Gasteiger partial charge in [-0.15, -0.1) is 11.3 Å². The Balaban J connectivity index is 1.42. The summed E-state index contributed by atoms with van der Waals surface area (Å²) in [6, 6.07) is 14.3. The van der Waals surface area contributed by atoms with Gasteiger partial charge in [0.15, 0.2) is 19.8 Å². The number of benzene rings is 2. The summed E-state index contributed by atoms with van der Waals surface area (Å²) in [4.78, 5) is 45.2. The number of carbonyl (C=O) groups is 3. The lowest BCUT2D eigenvalue weighted by Gasteiger charge is -2.02. The summed E-state index contributed by atoms with van der Waals surface area (Å²) in [5, 5.41) is 4.48. The van der Waals surface area contributed by atoms with Crippen molar-refractivity contribution in [1.82, 2.24) is 9.55 Å². The molecule has 0 fully saturated rings. The number of nitrogens with one attached hydrogen (secondary N) is 1. The molecule has 0 saturated carbocycles. The molecular weight excluding hydrogens is 536 g/mol. The van der Waals surface area contributed by atoms with Crippen LogP contribution in [0.2, 0.25) is 0 Å². The lowest BCUT2D eigenvalue weighted by Crippen LogP contribution is -2.28. The van der Waals surface area contributed by atoms with E-state index in [1.807, 2.05) is 30.3 Å². The number of amides is 2. The van der Waals surface area contributed by atoms with Crippen molar-refractivity contribution in [3.63, 3.8) is 0 Å². The molecule has 0 spiro atoms. The quantitative estimate of drug-likeness (QED) is 0.328. The predicted octanol–water partition coefficient (Wildman–Crippen LogP) is 3.02. The molecule has 192 valence electrons. The van der Waals surface area contributed by atoms with Crippen molar-refractivity contribution < 1.29 is 27.5 Å². The molecule has 37 heavy (non-hydrogen) atoms. The van der Waals surface area contributed by atoms with Crippen LogP contribution in [-0.4, -0.2) is 53.9 Å². The Morgan fingerprint density at radius 3 is 2.59 bits per heavy atom. The van der Waals surface area contributed by atoms with E-state index < -0.39 is 39.1 Å². The molecule has 1 N–H and O–H groups in total. The zero-order valence-corrected chi connectivity index (χ0v) is 22.3. The molecule has 0 atom stereocenters. The number of fused-ring (bicyclic) bond motifs is 1. The second-order valence-electron chi connectivity index (χ2n) is 7.84. The molecule has 0 saturated heterocycles. The predicted molar refractivity (Wildman–Crippen MR) is 142 cm³/mol. The summed E-state index contributed by atoms with van der Waals surface area (Å²) in [5.41, 5.74) is 2.60. The Kier molecular flexibility index (Phi) is 7.95. The monoisotopic (exact) mass is 558 g/mol. The highest BCUT2D eigenvalue weighted by molar-refractivity contribution is 7.92. The normalized spacial score (nSPS) is 12.0. The van der Waals surface area contributed by atoms with Crippen LogP contribution < -0.4 is 10.1 Å². The molecule has 2 heterocycles. The van der Waals surface area contributed by atoms with Crippen LogP contribution in [0.15, 0.2) is 58.9 Å². The van der Waals surface area contributed by atoms with Crippen LogP contribution in [0.5, 0.6) is 0 Å². The zero-order valence-electron chi connectivity index (χ0n) is 19.8. The Morgan fingerprint density at radius 1 is 1.11 bits per heavy atom. The van der Waals surface area contributed by atoms with Gasteiger partial charge in [0.1, 0.15) is 11.5 Å². The van der Waals surface area contributed by atoms with Crippen molar-refractivity contribution in [2.75, 3.05) is 23.4 Å². The number of aryl methyl sites for hydroxylation is 1. The fraction of sp³-hybridized carbons (Fsp3) is 0.208. The molecule has 2 aromatic carbocycles. The molecule has 13 heteroatoms. The fourth-order valence-corrected chi connectivity index (χ4v) is 6.21. The number of hydrogen-bond donors (Lipinski definition) is 1. The van der Waals surface area contributed by atoms with Gasteiger partial charge in [-0.25, -0.2) is 18.2 Å². The first kappa shape index (κ1) is 26.4. The van der Waals surface area contributed by atoms with Gasteiger partial charge < -0.3 is 14.6 Å². The van der Waals surface area contributed by atoms with E-state index in [0.29, 0.717) is 21.5 Å². The topological polar surface area (TPSA) is 137 Å². The van der Waals surface area contributed by atoms with E-state index in [1.54, 1.807) is 42.1 Å².